The average molecular weight is 475 g/mol. The van der Waals surface area contributed by atoms with E-state index in [9.17, 15) is 14.4 Å². The van der Waals surface area contributed by atoms with E-state index < -0.39 is 11.8 Å². The predicted octanol–water partition coefficient (Wildman–Crippen LogP) is 3.12. The minimum Gasteiger partial charge on any atom is -0.490 e. The van der Waals surface area contributed by atoms with Gasteiger partial charge in [-0.1, -0.05) is 43.1 Å². The lowest BCUT2D eigenvalue weighted by atomic mass is 10.2. The molecule has 2 rings (SSSR count). The number of para-hydroxylation sites is 1. The van der Waals surface area contributed by atoms with E-state index in [1.807, 2.05) is 25.1 Å². The largest absolute Gasteiger partial charge is 0.490 e. The number of anilines is 1. The van der Waals surface area contributed by atoms with Crippen LogP contribution in [-0.4, -0.2) is 43.7 Å². The number of nitrogens with one attached hydrogen (secondary N) is 3. The van der Waals surface area contributed by atoms with Crippen molar-refractivity contribution in [3.05, 3.63) is 53.1 Å². The van der Waals surface area contributed by atoms with Crippen molar-refractivity contribution in [1.82, 2.24) is 10.7 Å². The molecule has 0 atom stereocenters. The molecule has 176 valence electrons. The summed E-state index contributed by atoms with van der Waals surface area (Å²) >= 11 is 6.33. The highest BCUT2D eigenvalue weighted by atomic mass is 35.5. The fourth-order valence-electron chi connectivity index (χ4n) is 2.60. The van der Waals surface area contributed by atoms with Crippen LogP contribution in [0.1, 0.15) is 32.3 Å². The number of carbonyl (C=O) groups excluding carboxylic acids is 3. The molecule has 0 aliphatic carbocycles. The highest BCUT2D eigenvalue weighted by Gasteiger charge is 2.15. The first kappa shape index (κ1) is 25.7. The van der Waals surface area contributed by atoms with E-state index in [1.165, 1.54) is 12.3 Å². The lowest BCUT2D eigenvalue weighted by molar-refractivity contribution is -0.139. The van der Waals surface area contributed by atoms with E-state index in [1.54, 1.807) is 25.1 Å². The SMILES string of the molecule is CCCCNC(=O)C(=O)N/N=C\c1cc(Cl)c(OCC(=O)Nc2ccccc2)c(OCC)c1. The van der Waals surface area contributed by atoms with E-state index in [0.29, 0.717) is 30.2 Å². The van der Waals surface area contributed by atoms with Gasteiger partial charge in [0.05, 0.1) is 17.8 Å². The van der Waals surface area contributed by atoms with E-state index in [4.69, 9.17) is 21.1 Å². The number of ether oxygens (including phenoxy) is 2. The van der Waals surface area contributed by atoms with Crippen LogP contribution >= 0.6 is 11.6 Å². The van der Waals surface area contributed by atoms with Gasteiger partial charge in [0.1, 0.15) is 0 Å². The standard InChI is InChI=1S/C23H27ClN4O5/c1-3-5-11-25-22(30)23(31)28-26-14-16-12-18(24)21(19(13-16)32-4-2)33-15-20(29)27-17-9-7-6-8-10-17/h6-10,12-14H,3-5,11,15H2,1-2H3,(H,25,30)(H,27,29)(H,28,31)/b26-14-. The quantitative estimate of drug-likeness (QED) is 0.200. The zero-order chi connectivity index (χ0) is 24.1. The van der Waals surface area contributed by atoms with Gasteiger partial charge in [0.2, 0.25) is 0 Å². The molecule has 3 N–H and O–H groups in total. The van der Waals surface area contributed by atoms with E-state index in [2.05, 4.69) is 21.2 Å². The van der Waals surface area contributed by atoms with Crippen molar-refractivity contribution in [3.63, 3.8) is 0 Å². The fourth-order valence-corrected chi connectivity index (χ4v) is 2.87. The highest BCUT2D eigenvalue weighted by Crippen LogP contribution is 2.36. The Morgan fingerprint density at radius 1 is 1.06 bits per heavy atom. The smallest absolute Gasteiger partial charge is 0.329 e. The summed E-state index contributed by atoms with van der Waals surface area (Å²) in [4.78, 5) is 35.6. The van der Waals surface area contributed by atoms with Crippen LogP contribution in [0.2, 0.25) is 5.02 Å². The number of benzene rings is 2. The zero-order valence-electron chi connectivity index (χ0n) is 18.5. The Kier molecular flexibility index (Phi) is 10.7. The Morgan fingerprint density at radius 3 is 2.52 bits per heavy atom. The minimum atomic E-state index is -0.872. The molecule has 3 amide bonds. The Labute approximate surface area is 197 Å². The van der Waals surface area contributed by atoms with Gasteiger partial charge in [0.25, 0.3) is 5.91 Å². The molecule has 10 heteroatoms. The van der Waals surface area contributed by atoms with Gasteiger partial charge >= 0.3 is 11.8 Å². The summed E-state index contributed by atoms with van der Waals surface area (Å²) in [5.41, 5.74) is 3.30. The third-order valence-electron chi connectivity index (χ3n) is 4.14. The summed E-state index contributed by atoms with van der Waals surface area (Å²) in [6, 6.07) is 12.1. The number of hydrogen-bond donors (Lipinski definition) is 3. The van der Waals surface area contributed by atoms with Crippen LogP contribution in [-0.2, 0) is 14.4 Å². The third-order valence-corrected chi connectivity index (χ3v) is 4.42. The molecule has 2 aromatic rings. The Morgan fingerprint density at radius 2 is 1.82 bits per heavy atom. The van der Waals surface area contributed by atoms with Gasteiger partial charge in [-0.3, -0.25) is 14.4 Å². The topological polar surface area (TPSA) is 118 Å². The monoisotopic (exact) mass is 474 g/mol. The van der Waals surface area contributed by atoms with Gasteiger partial charge in [0.15, 0.2) is 18.1 Å². The second kappa shape index (κ2) is 13.7. The van der Waals surface area contributed by atoms with Gasteiger partial charge in [0, 0.05) is 12.2 Å². The van der Waals surface area contributed by atoms with Crippen LogP contribution in [0.15, 0.2) is 47.6 Å². The molecule has 0 aromatic heterocycles. The van der Waals surface area contributed by atoms with E-state index >= 15 is 0 Å². The normalized spacial score (nSPS) is 10.5. The maximum absolute atomic E-state index is 12.2. The molecule has 2 aromatic carbocycles. The summed E-state index contributed by atoms with van der Waals surface area (Å²) in [7, 11) is 0. The number of carbonyl (C=O) groups is 3. The molecule has 0 saturated heterocycles. The first-order chi connectivity index (χ1) is 15.9. The molecule has 33 heavy (non-hydrogen) atoms. The maximum Gasteiger partial charge on any atom is 0.329 e. The Balaban J connectivity index is 2.00. The first-order valence-electron chi connectivity index (χ1n) is 10.5. The van der Waals surface area contributed by atoms with Crippen molar-refractivity contribution >= 4 is 41.2 Å². The van der Waals surface area contributed by atoms with Crippen molar-refractivity contribution in [2.45, 2.75) is 26.7 Å². The molecular formula is C23H27ClN4O5. The van der Waals surface area contributed by atoms with Crippen LogP contribution < -0.4 is 25.5 Å². The van der Waals surface area contributed by atoms with Gasteiger partial charge < -0.3 is 20.1 Å². The predicted molar refractivity (Wildman–Crippen MR) is 127 cm³/mol. The van der Waals surface area contributed by atoms with Crippen molar-refractivity contribution < 1.29 is 23.9 Å². The molecule has 0 saturated carbocycles. The summed E-state index contributed by atoms with van der Waals surface area (Å²) in [5.74, 6) is -1.47. The number of hydrogen-bond acceptors (Lipinski definition) is 6. The lowest BCUT2D eigenvalue weighted by Gasteiger charge is -2.14. The average Bonchev–Trinajstić information content (AvgIpc) is 2.79. The van der Waals surface area contributed by atoms with Gasteiger partial charge in [-0.2, -0.15) is 5.10 Å². The van der Waals surface area contributed by atoms with Gasteiger partial charge in [-0.25, -0.2) is 5.43 Å². The number of unbranched alkanes of at least 4 members (excludes halogenated alkanes) is 1. The van der Waals surface area contributed by atoms with Crippen molar-refractivity contribution in [3.8, 4) is 11.5 Å². The van der Waals surface area contributed by atoms with Crippen LogP contribution in [0, 0.1) is 0 Å². The lowest BCUT2D eigenvalue weighted by Crippen LogP contribution is -2.38. The summed E-state index contributed by atoms with van der Waals surface area (Å²) < 4.78 is 11.2. The minimum absolute atomic E-state index is 0.193. The molecule has 9 nitrogen and oxygen atoms in total. The van der Waals surface area contributed by atoms with Crippen LogP contribution in [0.25, 0.3) is 0 Å². The number of amides is 3. The molecule has 0 aliphatic heterocycles. The first-order valence-corrected chi connectivity index (χ1v) is 10.9. The van der Waals surface area contributed by atoms with Crippen molar-refractivity contribution in [1.29, 1.82) is 0 Å². The maximum atomic E-state index is 12.2. The molecule has 0 bridgehead atoms. The summed E-state index contributed by atoms with van der Waals surface area (Å²) in [6.45, 7) is 4.25. The fraction of sp³-hybridized carbons (Fsp3) is 0.304. The van der Waals surface area contributed by atoms with Crippen LogP contribution in [0.5, 0.6) is 11.5 Å². The third kappa shape index (κ3) is 8.82. The molecule has 0 fully saturated rings. The summed E-state index contributed by atoms with van der Waals surface area (Å²) in [5, 5.41) is 9.19. The number of nitrogens with zero attached hydrogens (tertiary/aromatic N) is 1. The Bertz CT molecular complexity index is 982. The molecule has 0 unspecified atom stereocenters. The molecule has 0 aliphatic rings. The zero-order valence-corrected chi connectivity index (χ0v) is 19.3. The highest BCUT2D eigenvalue weighted by molar-refractivity contribution is 6.35. The second-order valence-corrected chi connectivity index (χ2v) is 7.18. The van der Waals surface area contributed by atoms with Crippen LogP contribution in [0.4, 0.5) is 5.69 Å². The number of hydrazone groups is 1. The van der Waals surface area contributed by atoms with E-state index in [-0.39, 0.29) is 23.3 Å². The Hall–Kier alpha value is -3.59. The van der Waals surface area contributed by atoms with E-state index in [0.717, 1.165) is 12.8 Å². The molecule has 0 heterocycles. The van der Waals surface area contributed by atoms with Crippen molar-refractivity contribution in [2.24, 2.45) is 5.10 Å². The van der Waals surface area contributed by atoms with Crippen molar-refractivity contribution in [2.75, 3.05) is 25.1 Å². The van der Waals surface area contributed by atoms with Gasteiger partial charge in [-0.15, -0.1) is 0 Å². The number of halogens is 1. The number of rotatable bonds is 11. The van der Waals surface area contributed by atoms with Gasteiger partial charge in [-0.05, 0) is 43.2 Å². The van der Waals surface area contributed by atoms with Crippen LogP contribution in [0.3, 0.4) is 0 Å². The molecule has 0 radical (unpaired) electrons. The summed E-state index contributed by atoms with van der Waals surface area (Å²) in [6.07, 6.45) is 3.00. The molecule has 0 spiro atoms. The molecular weight excluding hydrogens is 448 g/mol. The second-order valence-electron chi connectivity index (χ2n) is 6.77.